The quantitative estimate of drug-likeness (QED) is 0.793. The molecule has 0 saturated heterocycles. The van der Waals surface area contributed by atoms with E-state index in [-0.39, 0.29) is 6.10 Å². The van der Waals surface area contributed by atoms with Crippen LogP contribution in [-0.2, 0) is 0 Å². The van der Waals surface area contributed by atoms with Gasteiger partial charge in [0.15, 0.2) is 0 Å². The van der Waals surface area contributed by atoms with E-state index in [2.05, 4.69) is 20.8 Å². The molecule has 0 aliphatic heterocycles. The van der Waals surface area contributed by atoms with Crippen molar-refractivity contribution in [2.75, 3.05) is 20.1 Å². The molecule has 2 N–H and O–H groups in total. The highest BCUT2D eigenvalue weighted by Gasteiger charge is 2.13. The van der Waals surface area contributed by atoms with E-state index >= 15 is 0 Å². The first-order valence-corrected chi connectivity index (χ1v) is 7.57. The standard InChI is InChI=1S/C14H21BrClNO2/c1-10(18)5-7-17(2)8-6-14(19)12-4-3-11(15)9-13(12)16/h3-4,9-10,14,18-19H,5-8H2,1-2H3. The summed E-state index contributed by atoms with van der Waals surface area (Å²) in [4.78, 5) is 2.10. The van der Waals surface area contributed by atoms with E-state index in [1.54, 1.807) is 13.0 Å². The topological polar surface area (TPSA) is 43.7 Å². The Morgan fingerprint density at radius 3 is 2.47 bits per heavy atom. The first-order valence-electron chi connectivity index (χ1n) is 6.39. The number of halogens is 2. The van der Waals surface area contributed by atoms with Crippen LogP contribution in [0.3, 0.4) is 0 Å². The Morgan fingerprint density at radius 2 is 1.89 bits per heavy atom. The van der Waals surface area contributed by atoms with Crippen molar-refractivity contribution in [3.05, 3.63) is 33.3 Å². The van der Waals surface area contributed by atoms with Crippen molar-refractivity contribution in [2.24, 2.45) is 0 Å². The van der Waals surface area contributed by atoms with Gasteiger partial charge in [0, 0.05) is 22.6 Å². The molecule has 3 nitrogen and oxygen atoms in total. The first kappa shape index (κ1) is 16.9. The third-order valence-electron chi connectivity index (χ3n) is 3.03. The van der Waals surface area contributed by atoms with Gasteiger partial charge >= 0.3 is 0 Å². The summed E-state index contributed by atoms with van der Waals surface area (Å²) in [6.07, 6.45) is 0.520. The van der Waals surface area contributed by atoms with Crippen LogP contribution in [-0.4, -0.2) is 41.4 Å². The molecular formula is C14H21BrClNO2. The summed E-state index contributed by atoms with van der Waals surface area (Å²) >= 11 is 9.45. The van der Waals surface area contributed by atoms with Crippen molar-refractivity contribution < 1.29 is 10.2 Å². The highest BCUT2D eigenvalue weighted by atomic mass is 79.9. The van der Waals surface area contributed by atoms with Crippen molar-refractivity contribution in [3.63, 3.8) is 0 Å². The molecule has 0 spiro atoms. The van der Waals surface area contributed by atoms with Crippen LogP contribution >= 0.6 is 27.5 Å². The van der Waals surface area contributed by atoms with Gasteiger partial charge in [-0.25, -0.2) is 0 Å². The van der Waals surface area contributed by atoms with Crippen LogP contribution in [0.15, 0.2) is 22.7 Å². The Labute approximate surface area is 128 Å². The normalized spacial score (nSPS) is 14.7. The largest absolute Gasteiger partial charge is 0.393 e. The van der Waals surface area contributed by atoms with Gasteiger partial charge in [-0.3, -0.25) is 0 Å². The molecular weight excluding hydrogens is 330 g/mol. The number of nitrogens with zero attached hydrogens (tertiary/aromatic N) is 1. The molecule has 5 heteroatoms. The van der Waals surface area contributed by atoms with Crippen LogP contribution in [0.5, 0.6) is 0 Å². The zero-order chi connectivity index (χ0) is 14.4. The molecule has 108 valence electrons. The number of hydrogen-bond donors (Lipinski definition) is 2. The van der Waals surface area contributed by atoms with Crippen LogP contribution < -0.4 is 0 Å². The van der Waals surface area contributed by atoms with Crippen molar-refractivity contribution in [3.8, 4) is 0 Å². The number of benzene rings is 1. The average Bonchev–Trinajstić information content (AvgIpc) is 2.33. The van der Waals surface area contributed by atoms with Gasteiger partial charge in [-0.2, -0.15) is 0 Å². The number of rotatable bonds is 7. The minimum absolute atomic E-state index is 0.284. The van der Waals surface area contributed by atoms with Gasteiger partial charge in [0.05, 0.1) is 12.2 Å². The molecule has 0 aliphatic rings. The van der Waals surface area contributed by atoms with Gasteiger partial charge in [-0.1, -0.05) is 33.6 Å². The fraction of sp³-hybridized carbons (Fsp3) is 0.571. The molecule has 0 radical (unpaired) electrons. The first-order chi connectivity index (χ1) is 8.90. The minimum atomic E-state index is -0.561. The van der Waals surface area contributed by atoms with Crippen molar-refractivity contribution in [1.29, 1.82) is 0 Å². The van der Waals surface area contributed by atoms with E-state index in [9.17, 15) is 10.2 Å². The van der Waals surface area contributed by atoms with E-state index in [0.717, 1.165) is 29.5 Å². The Kier molecular flexibility index (Phi) is 7.32. The fourth-order valence-corrected chi connectivity index (χ4v) is 2.59. The molecule has 0 bridgehead atoms. The second-order valence-electron chi connectivity index (χ2n) is 4.91. The minimum Gasteiger partial charge on any atom is -0.393 e. The van der Waals surface area contributed by atoms with E-state index in [1.807, 2.05) is 19.2 Å². The summed E-state index contributed by atoms with van der Waals surface area (Å²) in [5.41, 5.74) is 0.758. The number of aliphatic hydroxyl groups excluding tert-OH is 2. The lowest BCUT2D eigenvalue weighted by molar-refractivity contribution is 0.136. The maximum absolute atomic E-state index is 10.1. The Hall–Kier alpha value is -0.130. The van der Waals surface area contributed by atoms with Crippen LogP contribution in [0.25, 0.3) is 0 Å². The van der Waals surface area contributed by atoms with Gasteiger partial charge in [0.25, 0.3) is 0 Å². The molecule has 1 rings (SSSR count). The molecule has 0 saturated carbocycles. The van der Waals surface area contributed by atoms with Gasteiger partial charge in [-0.15, -0.1) is 0 Å². The molecule has 1 aromatic rings. The van der Waals surface area contributed by atoms with E-state index in [4.69, 9.17) is 11.6 Å². The summed E-state index contributed by atoms with van der Waals surface area (Å²) < 4.78 is 0.905. The lowest BCUT2D eigenvalue weighted by Crippen LogP contribution is -2.24. The van der Waals surface area contributed by atoms with Gasteiger partial charge in [0.2, 0.25) is 0 Å². The summed E-state index contributed by atoms with van der Waals surface area (Å²) in [5, 5.41) is 19.9. The Morgan fingerprint density at radius 1 is 1.26 bits per heavy atom. The predicted molar refractivity (Wildman–Crippen MR) is 82.5 cm³/mol. The lowest BCUT2D eigenvalue weighted by Gasteiger charge is -2.20. The highest BCUT2D eigenvalue weighted by Crippen LogP contribution is 2.28. The molecule has 1 aromatic carbocycles. The molecule has 2 unspecified atom stereocenters. The summed E-state index contributed by atoms with van der Waals surface area (Å²) in [5.74, 6) is 0. The maximum atomic E-state index is 10.1. The van der Waals surface area contributed by atoms with Gasteiger partial charge in [-0.05, 0) is 44.5 Å². The van der Waals surface area contributed by atoms with Crippen molar-refractivity contribution >= 4 is 27.5 Å². The summed E-state index contributed by atoms with van der Waals surface area (Å²) in [7, 11) is 1.98. The van der Waals surface area contributed by atoms with Crippen molar-refractivity contribution in [1.82, 2.24) is 4.90 Å². The van der Waals surface area contributed by atoms with Crippen LogP contribution in [0.1, 0.15) is 31.4 Å². The maximum Gasteiger partial charge on any atom is 0.0816 e. The molecule has 0 heterocycles. The molecule has 0 amide bonds. The van der Waals surface area contributed by atoms with E-state index in [0.29, 0.717) is 11.4 Å². The van der Waals surface area contributed by atoms with Crippen LogP contribution in [0, 0.1) is 0 Å². The second-order valence-corrected chi connectivity index (χ2v) is 6.23. The monoisotopic (exact) mass is 349 g/mol. The average molecular weight is 351 g/mol. The third kappa shape index (κ3) is 6.23. The molecule has 0 fully saturated rings. The van der Waals surface area contributed by atoms with E-state index in [1.165, 1.54) is 0 Å². The SMILES string of the molecule is CC(O)CCN(C)CCC(O)c1ccc(Br)cc1Cl. The number of aliphatic hydroxyl groups is 2. The lowest BCUT2D eigenvalue weighted by atomic mass is 10.1. The van der Waals surface area contributed by atoms with E-state index < -0.39 is 6.10 Å². The van der Waals surface area contributed by atoms with Crippen molar-refractivity contribution in [2.45, 2.75) is 32.0 Å². The Bertz CT molecular complexity index is 401. The van der Waals surface area contributed by atoms with Crippen LogP contribution in [0.2, 0.25) is 5.02 Å². The molecule has 0 aliphatic carbocycles. The second kappa shape index (κ2) is 8.22. The highest BCUT2D eigenvalue weighted by molar-refractivity contribution is 9.10. The predicted octanol–water partition coefficient (Wildman–Crippen LogP) is 3.23. The van der Waals surface area contributed by atoms with Gasteiger partial charge in [0.1, 0.15) is 0 Å². The van der Waals surface area contributed by atoms with Gasteiger partial charge < -0.3 is 15.1 Å². The fourth-order valence-electron chi connectivity index (χ4n) is 1.79. The molecule has 19 heavy (non-hydrogen) atoms. The van der Waals surface area contributed by atoms with Crippen LogP contribution in [0.4, 0.5) is 0 Å². The third-order valence-corrected chi connectivity index (χ3v) is 3.85. The smallest absolute Gasteiger partial charge is 0.0816 e. The molecule has 2 atom stereocenters. The zero-order valence-corrected chi connectivity index (χ0v) is 13.7. The number of hydrogen-bond acceptors (Lipinski definition) is 3. The zero-order valence-electron chi connectivity index (χ0n) is 11.3. The summed E-state index contributed by atoms with van der Waals surface area (Å²) in [6, 6.07) is 5.51. The Balaban J connectivity index is 2.44. The molecule has 0 aromatic heterocycles. The summed E-state index contributed by atoms with van der Waals surface area (Å²) in [6.45, 7) is 3.36.